The summed E-state index contributed by atoms with van der Waals surface area (Å²) in [6.07, 6.45) is 0. The molecule has 2 rings (SSSR count). The van der Waals surface area contributed by atoms with Crippen LogP contribution in [0.15, 0.2) is 30.3 Å². The Bertz CT molecular complexity index is 552. The van der Waals surface area contributed by atoms with Crippen molar-refractivity contribution in [3.8, 4) is 0 Å². The third-order valence-corrected chi connectivity index (χ3v) is 2.30. The molecule has 0 spiro atoms. The van der Waals surface area contributed by atoms with Crippen LogP contribution < -0.4 is 0 Å². The van der Waals surface area contributed by atoms with E-state index in [2.05, 4.69) is 4.98 Å². The molecule has 2 aromatic rings. The molecule has 16 heavy (non-hydrogen) atoms. The van der Waals surface area contributed by atoms with E-state index in [9.17, 15) is 9.18 Å². The molecule has 0 saturated heterocycles. The molecule has 0 fully saturated rings. The molecule has 0 N–H and O–H groups in total. The Labute approximate surface area is 92.5 Å². The smallest absolute Gasteiger partial charge is 0.271 e. The first kappa shape index (κ1) is 10.5. The van der Waals surface area contributed by atoms with Crippen molar-refractivity contribution in [1.82, 2.24) is 9.88 Å². The highest BCUT2D eigenvalue weighted by Gasteiger charge is 2.11. The van der Waals surface area contributed by atoms with Crippen LogP contribution in [0.5, 0.6) is 0 Å². The van der Waals surface area contributed by atoms with Crippen molar-refractivity contribution < 1.29 is 9.18 Å². The summed E-state index contributed by atoms with van der Waals surface area (Å²) in [6.45, 7) is 0. The molecule has 1 heterocycles. The second-order valence-corrected chi connectivity index (χ2v) is 3.71. The Morgan fingerprint density at radius 3 is 2.69 bits per heavy atom. The molecule has 0 radical (unpaired) electrons. The van der Waals surface area contributed by atoms with Crippen molar-refractivity contribution in [2.45, 2.75) is 0 Å². The minimum Gasteiger partial charge on any atom is -0.343 e. The lowest BCUT2D eigenvalue weighted by Gasteiger charge is -2.09. The summed E-state index contributed by atoms with van der Waals surface area (Å²) in [4.78, 5) is 17.1. The lowest BCUT2D eigenvalue weighted by Crippen LogP contribution is -2.22. The molecule has 0 atom stereocenters. The lowest BCUT2D eigenvalue weighted by molar-refractivity contribution is 0.0822. The molecule has 0 aliphatic carbocycles. The van der Waals surface area contributed by atoms with E-state index >= 15 is 0 Å². The molecule has 4 heteroatoms. The fourth-order valence-electron chi connectivity index (χ4n) is 1.46. The Balaban J connectivity index is 2.59. The standard InChI is InChI=1S/C12H11FN2O/c1-15(2)12(16)10-7-6-8-4-3-5-9(13)11(8)14-10/h3-7H,1-2H3. The Kier molecular flexibility index (Phi) is 2.56. The maximum atomic E-state index is 13.4. The quantitative estimate of drug-likeness (QED) is 0.734. The highest BCUT2D eigenvalue weighted by atomic mass is 19.1. The summed E-state index contributed by atoms with van der Waals surface area (Å²) in [5, 5.41) is 0.690. The minimum absolute atomic E-state index is 0.231. The van der Waals surface area contributed by atoms with Crippen LogP contribution in [0.2, 0.25) is 0 Å². The number of nitrogens with zero attached hydrogens (tertiary/aromatic N) is 2. The largest absolute Gasteiger partial charge is 0.343 e. The Morgan fingerprint density at radius 1 is 1.25 bits per heavy atom. The molecule has 1 aromatic heterocycles. The number of fused-ring (bicyclic) bond motifs is 1. The normalized spacial score (nSPS) is 10.4. The molecule has 1 aromatic carbocycles. The number of rotatable bonds is 1. The average molecular weight is 218 g/mol. The number of carbonyl (C=O) groups excluding carboxylic acids is 1. The van der Waals surface area contributed by atoms with Gasteiger partial charge in [-0.1, -0.05) is 18.2 Å². The van der Waals surface area contributed by atoms with Gasteiger partial charge in [0, 0.05) is 19.5 Å². The van der Waals surface area contributed by atoms with Crippen LogP contribution in [0.1, 0.15) is 10.5 Å². The minimum atomic E-state index is -0.411. The highest BCUT2D eigenvalue weighted by Crippen LogP contribution is 2.16. The second kappa shape index (κ2) is 3.89. The van der Waals surface area contributed by atoms with E-state index in [0.717, 1.165) is 0 Å². The molecule has 0 aliphatic heterocycles. The van der Waals surface area contributed by atoms with Gasteiger partial charge >= 0.3 is 0 Å². The molecular formula is C12H11FN2O. The van der Waals surface area contributed by atoms with E-state index in [1.165, 1.54) is 11.0 Å². The SMILES string of the molecule is CN(C)C(=O)c1ccc2cccc(F)c2n1. The van der Waals surface area contributed by atoms with Gasteiger partial charge in [-0.3, -0.25) is 4.79 Å². The van der Waals surface area contributed by atoms with Crippen molar-refractivity contribution in [3.63, 3.8) is 0 Å². The number of benzene rings is 1. The van der Waals surface area contributed by atoms with Crippen molar-refractivity contribution in [3.05, 3.63) is 41.8 Å². The Hall–Kier alpha value is -1.97. The van der Waals surface area contributed by atoms with E-state index in [0.29, 0.717) is 5.39 Å². The summed E-state index contributed by atoms with van der Waals surface area (Å²) in [5.41, 5.74) is 0.484. The van der Waals surface area contributed by atoms with Crippen LogP contribution in [-0.2, 0) is 0 Å². The summed E-state index contributed by atoms with van der Waals surface area (Å²) in [5.74, 6) is -0.643. The van der Waals surface area contributed by atoms with Crippen LogP contribution in [-0.4, -0.2) is 29.9 Å². The maximum Gasteiger partial charge on any atom is 0.271 e. The van der Waals surface area contributed by atoms with Crippen molar-refractivity contribution >= 4 is 16.8 Å². The molecule has 82 valence electrons. The first-order valence-corrected chi connectivity index (χ1v) is 4.86. The van der Waals surface area contributed by atoms with Crippen LogP contribution in [0.4, 0.5) is 4.39 Å². The first-order valence-electron chi connectivity index (χ1n) is 4.86. The monoisotopic (exact) mass is 218 g/mol. The van der Waals surface area contributed by atoms with Gasteiger partial charge in [-0.15, -0.1) is 0 Å². The van der Waals surface area contributed by atoms with E-state index in [-0.39, 0.29) is 17.1 Å². The first-order chi connectivity index (χ1) is 7.59. The van der Waals surface area contributed by atoms with Crippen LogP contribution in [0.3, 0.4) is 0 Å². The van der Waals surface area contributed by atoms with Gasteiger partial charge in [0.1, 0.15) is 17.0 Å². The van der Waals surface area contributed by atoms with E-state index in [1.807, 2.05) is 0 Å². The van der Waals surface area contributed by atoms with Gasteiger partial charge in [0.05, 0.1) is 0 Å². The number of aromatic nitrogens is 1. The van der Waals surface area contributed by atoms with Gasteiger partial charge in [-0.2, -0.15) is 0 Å². The van der Waals surface area contributed by atoms with Crippen molar-refractivity contribution in [1.29, 1.82) is 0 Å². The fraction of sp³-hybridized carbons (Fsp3) is 0.167. The zero-order valence-corrected chi connectivity index (χ0v) is 9.07. The number of para-hydroxylation sites is 1. The maximum absolute atomic E-state index is 13.4. The molecule has 0 bridgehead atoms. The third-order valence-electron chi connectivity index (χ3n) is 2.30. The van der Waals surface area contributed by atoms with Gasteiger partial charge in [-0.05, 0) is 12.1 Å². The molecule has 0 unspecified atom stereocenters. The van der Waals surface area contributed by atoms with Crippen LogP contribution in [0, 0.1) is 5.82 Å². The number of amides is 1. The summed E-state index contributed by atoms with van der Waals surface area (Å²) < 4.78 is 13.4. The van der Waals surface area contributed by atoms with E-state index in [4.69, 9.17) is 0 Å². The Morgan fingerprint density at radius 2 is 2.00 bits per heavy atom. The van der Waals surface area contributed by atoms with Gasteiger partial charge in [0.25, 0.3) is 5.91 Å². The summed E-state index contributed by atoms with van der Waals surface area (Å²) in [7, 11) is 3.27. The van der Waals surface area contributed by atoms with Gasteiger partial charge in [-0.25, -0.2) is 9.37 Å². The number of hydrogen-bond acceptors (Lipinski definition) is 2. The molecule has 1 amide bonds. The fourth-order valence-corrected chi connectivity index (χ4v) is 1.46. The van der Waals surface area contributed by atoms with Gasteiger partial charge < -0.3 is 4.90 Å². The zero-order chi connectivity index (χ0) is 11.7. The molecule has 0 aliphatic rings. The number of carbonyl (C=O) groups is 1. The predicted octanol–water partition coefficient (Wildman–Crippen LogP) is 2.08. The average Bonchev–Trinajstić information content (AvgIpc) is 2.28. The van der Waals surface area contributed by atoms with Crippen LogP contribution >= 0.6 is 0 Å². The van der Waals surface area contributed by atoms with Crippen molar-refractivity contribution in [2.24, 2.45) is 0 Å². The molecule has 0 saturated carbocycles. The predicted molar refractivity (Wildman–Crippen MR) is 59.7 cm³/mol. The number of halogens is 1. The molecule has 3 nitrogen and oxygen atoms in total. The summed E-state index contributed by atoms with van der Waals surface area (Å²) >= 11 is 0. The highest BCUT2D eigenvalue weighted by molar-refractivity contribution is 5.94. The summed E-state index contributed by atoms with van der Waals surface area (Å²) in [6, 6.07) is 8.01. The number of hydrogen-bond donors (Lipinski definition) is 0. The zero-order valence-electron chi connectivity index (χ0n) is 9.07. The topological polar surface area (TPSA) is 33.2 Å². The van der Waals surface area contributed by atoms with Crippen LogP contribution in [0.25, 0.3) is 10.9 Å². The molecular weight excluding hydrogens is 207 g/mol. The van der Waals surface area contributed by atoms with Crippen molar-refractivity contribution in [2.75, 3.05) is 14.1 Å². The van der Waals surface area contributed by atoms with Gasteiger partial charge in [0.15, 0.2) is 0 Å². The second-order valence-electron chi connectivity index (χ2n) is 3.71. The third kappa shape index (κ3) is 1.74. The number of pyridine rings is 1. The lowest BCUT2D eigenvalue weighted by atomic mass is 10.2. The van der Waals surface area contributed by atoms with E-state index < -0.39 is 5.82 Å². The van der Waals surface area contributed by atoms with E-state index in [1.54, 1.807) is 38.4 Å². The van der Waals surface area contributed by atoms with Gasteiger partial charge in [0.2, 0.25) is 0 Å².